The van der Waals surface area contributed by atoms with Crippen molar-refractivity contribution in [3.8, 4) is 0 Å². The van der Waals surface area contributed by atoms with Crippen molar-refractivity contribution in [2.24, 2.45) is 0 Å². The molecule has 2 saturated heterocycles. The first-order valence-corrected chi connectivity index (χ1v) is 4.37. The van der Waals surface area contributed by atoms with Crippen LogP contribution in [-0.2, 0) is 14.3 Å². The van der Waals surface area contributed by atoms with Crippen molar-refractivity contribution in [2.75, 3.05) is 19.7 Å². The van der Waals surface area contributed by atoms with Crippen LogP contribution in [0.3, 0.4) is 0 Å². The summed E-state index contributed by atoms with van der Waals surface area (Å²) in [4.78, 5) is 18.2. The van der Waals surface area contributed by atoms with Crippen LogP contribution >= 0.6 is 0 Å². The summed E-state index contributed by atoms with van der Waals surface area (Å²) in [5.74, 6) is -3.65. The molecule has 2 aliphatic rings. The molecule has 2 fully saturated rings. The Kier molecular flexibility index (Phi) is 3.43. The number of aliphatic carboxylic acids is 2. The molecule has 0 aliphatic carbocycles. The van der Waals surface area contributed by atoms with Crippen molar-refractivity contribution in [1.29, 1.82) is 0 Å². The van der Waals surface area contributed by atoms with E-state index in [2.05, 4.69) is 5.32 Å². The highest BCUT2D eigenvalue weighted by Gasteiger charge is 2.40. The molecule has 80 valence electrons. The Morgan fingerprint density at radius 2 is 1.79 bits per heavy atom. The molecule has 0 aromatic carbocycles. The topological polar surface area (TPSA) is 95.9 Å². The Balaban J connectivity index is 0.000000149. The first-order chi connectivity index (χ1) is 6.56. The van der Waals surface area contributed by atoms with Gasteiger partial charge >= 0.3 is 11.9 Å². The zero-order chi connectivity index (χ0) is 10.6. The fraction of sp³-hybridized carbons (Fsp3) is 0.750. The van der Waals surface area contributed by atoms with Crippen LogP contribution in [0.4, 0.5) is 0 Å². The minimum absolute atomic E-state index is 0.306. The summed E-state index contributed by atoms with van der Waals surface area (Å²) >= 11 is 0. The van der Waals surface area contributed by atoms with Gasteiger partial charge in [0.05, 0.1) is 12.2 Å². The van der Waals surface area contributed by atoms with E-state index in [9.17, 15) is 0 Å². The standard InChI is InChI=1S/C6H11NO.C2H2O4/c1-3-7-5-6(1)2-4-8-6;3-1(4)2(5)6/h7H,1-5H2;(H,3,4)(H,5,6). The zero-order valence-corrected chi connectivity index (χ0v) is 7.65. The predicted molar refractivity (Wildman–Crippen MR) is 46.1 cm³/mol. The number of rotatable bonds is 0. The van der Waals surface area contributed by atoms with Crippen LogP contribution in [-0.4, -0.2) is 47.4 Å². The Morgan fingerprint density at radius 3 is 1.93 bits per heavy atom. The highest BCUT2D eigenvalue weighted by atomic mass is 16.5. The van der Waals surface area contributed by atoms with E-state index in [-0.39, 0.29) is 0 Å². The molecule has 1 atom stereocenters. The number of carboxylic acid groups (broad SMARTS) is 2. The lowest BCUT2D eigenvalue weighted by atomic mass is 9.94. The molecular weight excluding hydrogens is 190 g/mol. The van der Waals surface area contributed by atoms with Gasteiger partial charge < -0.3 is 20.3 Å². The van der Waals surface area contributed by atoms with Crippen molar-refractivity contribution in [3.63, 3.8) is 0 Å². The molecule has 0 aromatic heterocycles. The van der Waals surface area contributed by atoms with E-state index >= 15 is 0 Å². The molecule has 2 rings (SSSR count). The highest BCUT2D eigenvalue weighted by Crippen LogP contribution is 2.31. The number of hydrogen-bond donors (Lipinski definition) is 3. The number of carboxylic acids is 2. The van der Waals surface area contributed by atoms with Crippen LogP contribution in [0.2, 0.25) is 0 Å². The molecule has 0 saturated carbocycles. The Morgan fingerprint density at radius 1 is 1.21 bits per heavy atom. The third-order valence-corrected chi connectivity index (χ3v) is 2.35. The van der Waals surface area contributed by atoms with Crippen molar-refractivity contribution in [1.82, 2.24) is 5.32 Å². The molecular formula is C8H13NO5. The van der Waals surface area contributed by atoms with E-state index in [1.54, 1.807) is 0 Å². The van der Waals surface area contributed by atoms with Crippen molar-refractivity contribution < 1.29 is 24.5 Å². The fourth-order valence-corrected chi connectivity index (χ4v) is 1.45. The van der Waals surface area contributed by atoms with Gasteiger partial charge in [-0.2, -0.15) is 0 Å². The Bertz CT molecular complexity index is 216. The minimum atomic E-state index is -1.82. The summed E-state index contributed by atoms with van der Waals surface area (Å²) in [5, 5.41) is 18.1. The lowest BCUT2D eigenvalue weighted by Crippen LogP contribution is -2.45. The summed E-state index contributed by atoms with van der Waals surface area (Å²) in [6.45, 7) is 3.23. The van der Waals surface area contributed by atoms with Crippen LogP contribution in [0.25, 0.3) is 0 Å². The van der Waals surface area contributed by atoms with E-state index in [0.717, 1.165) is 19.7 Å². The van der Waals surface area contributed by atoms with Crippen LogP contribution in [0.1, 0.15) is 12.8 Å². The SMILES string of the molecule is C1CC2(CCO2)CN1.O=C(O)C(=O)O. The Hall–Kier alpha value is -1.14. The molecule has 6 nitrogen and oxygen atoms in total. The van der Waals surface area contributed by atoms with E-state index in [0.29, 0.717) is 5.60 Å². The van der Waals surface area contributed by atoms with Gasteiger partial charge in [-0.05, 0) is 13.0 Å². The number of nitrogens with one attached hydrogen (secondary N) is 1. The van der Waals surface area contributed by atoms with E-state index in [4.69, 9.17) is 24.5 Å². The first-order valence-electron chi connectivity index (χ1n) is 4.37. The quantitative estimate of drug-likeness (QED) is 0.450. The minimum Gasteiger partial charge on any atom is -0.473 e. The average molecular weight is 203 g/mol. The van der Waals surface area contributed by atoms with Gasteiger partial charge in [-0.1, -0.05) is 0 Å². The third-order valence-electron chi connectivity index (χ3n) is 2.35. The van der Waals surface area contributed by atoms with Crippen LogP contribution in [0, 0.1) is 0 Å². The van der Waals surface area contributed by atoms with Gasteiger partial charge in [0.15, 0.2) is 0 Å². The fourth-order valence-electron chi connectivity index (χ4n) is 1.45. The molecule has 0 amide bonds. The molecule has 2 heterocycles. The zero-order valence-electron chi connectivity index (χ0n) is 7.65. The van der Waals surface area contributed by atoms with Gasteiger partial charge in [0.1, 0.15) is 0 Å². The predicted octanol–water partition coefficient (Wildman–Crippen LogP) is -0.706. The second kappa shape index (κ2) is 4.39. The van der Waals surface area contributed by atoms with Crippen molar-refractivity contribution in [3.05, 3.63) is 0 Å². The van der Waals surface area contributed by atoms with Gasteiger partial charge in [0.25, 0.3) is 0 Å². The maximum Gasteiger partial charge on any atom is 0.414 e. The summed E-state index contributed by atoms with van der Waals surface area (Å²) in [6, 6.07) is 0. The molecule has 0 radical (unpaired) electrons. The van der Waals surface area contributed by atoms with Crippen LogP contribution < -0.4 is 5.32 Å². The van der Waals surface area contributed by atoms with Gasteiger partial charge in [0, 0.05) is 13.0 Å². The summed E-state index contributed by atoms with van der Waals surface area (Å²) in [6.07, 6.45) is 2.51. The van der Waals surface area contributed by atoms with E-state index in [1.165, 1.54) is 12.8 Å². The smallest absolute Gasteiger partial charge is 0.414 e. The molecule has 0 bridgehead atoms. The van der Waals surface area contributed by atoms with Gasteiger partial charge in [-0.3, -0.25) is 0 Å². The average Bonchev–Trinajstić information content (AvgIpc) is 2.51. The molecule has 6 heteroatoms. The summed E-state index contributed by atoms with van der Waals surface area (Å²) in [7, 11) is 0. The van der Waals surface area contributed by atoms with Crippen molar-refractivity contribution in [2.45, 2.75) is 18.4 Å². The van der Waals surface area contributed by atoms with Gasteiger partial charge in [-0.15, -0.1) is 0 Å². The van der Waals surface area contributed by atoms with Gasteiger partial charge in [-0.25, -0.2) is 9.59 Å². The molecule has 1 unspecified atom stereocenters. The molecule has 2 aliphatic heterocycles. The monoisotopic (exact) mass is 203 g/mol. The molecule has 1 spiro atoms. The normalized spacial score (nSPS) is 28.9. The number of ether oxygens (including phenoxy) is 1. The maximum absolute atomic E-state index is 9.10. The third kappa shape index (κ3) is 2.68. The number of carbonyl (C=O) groups is 2. The highest BCUT2D eigenvalue weighted by molar-refractivity contribution is 6.27. The van der Waals surface area contributed by atoms with Crippen LogP contribution in [0.15, 0.2) is 0 Å². The Labute approximate surface area is 80.9 Å². The van der Waals surface area contributed by atoms with E-state index in [1.807, 2.05) is 0 Å². The van der Waals surface area contributed by atoms with Crippen molar-refractivity contribution >= 4 is 11.9 Å². The lowest BCUT2D eigenvalue weighted by molar-refractivity contribution is -0.159. The largest absolute Gasteiger partial charge is 0.473 e. The number of hydrogen-bond acceptors (Lipinski definition) is 4. The second-order valence-corrected chi connectivity index (χ2v) is 3.32. The summed E-state index contributed by atoms with van der Waals surface area (Å²) < 4.78 is 5.42. The summed E-state index contributed by atoms with van der Waals surface area (Å²) in [5.41, 5.74) is 0.306. The second-order valence-electron chi connectivity index (χ2n) is 3.32. The van der Waals surface area contributed by atoms with E-state index < -0.39 is 11.9 Å². The first kappa shape index (κ1) is 10.9. The van der Waals surface area contributed by atoms with Gasteiger partial charge in [0.2, 0.25) is 0 Å². The maximum atomic E-state index is 9.10. The molecule has 3 N–H and O–H groups in total. The van der Waals surface area contributed by atoms with Crippen LogP contribution in [0.5, 0.6) is 0 Å². The lowest BCUT2D eigenvalue weighted by Gasteiger charge is -2.37. The molecule has 0 aromatic rings. The molecule has 14 heavy (non-hydrogen) atoms.